The summed E-state index contributed by atoms with van der Waals surface area (Å²) in [6.45, 7) is 2.75. The van der Waals surface area contributed by atoms with E-state index in [1.807, 2.05) is 18.2 Å². The first-order valence-corrected chi connectivity index (χ1v) is 6.24. The van der Waals surface area contributed by atoms with Crippen LogP contribution in [0.25, 0.3) is 0 Å². The Morgan fingerprint density at radius 2 is 2.11 bits per heavy atom. The third-order valence-electron chi connectivity index (χ3n) is 2.83. The van der Waals surface area contributed by atoms with E-state index < -0.39 is 5.97 Å². The van der Waals surface area contributed by atoms with Gasteiger partial charge in [-0.2, -0.15) is 0 Å². The number of imidazole rings is 1. The number of carbonyl (C=O) groups excluding carboxylic acids is 1. The van der Waals surface area contributed by atoms with Crippen LogP contribution in [-0.4, -0.2) is 22.1 Å². The zero-order chi connectivity index (χ0) is 13.7. The largest absolute Gasteiger partial charge is 0.461 e. The Labute approximate surface area is 112 Å². The van der Waals surface area contributed by atoms with Crippen molar-refractivity contribution in [3.8, 4) is 0 Å². The van der Waals surface area contributed by atoms with Crippen molar-refractivity contribution in [2.75, 3.05) is 12.3 Å². The molecule has 5 nitrogen and oxygen atoms in total. The lowest BCUT2D eigenvalue weighted by molar-refractivity contribution is 0.0521. The summed E-state index contributed by atoms with van der Waals surface area (Å²) in [5, 5.41) is 0. The fraction of sp³-hybridized carbons (Fsp3) is 0.286. The average molecular weight is 259 g/mol. The molecule has 0 unspecified atom stereocenters. The zero-order valence-electron chi connectivity index (χ0n) is 10.9. The average Bonchev–Trinajstić information content (AvgIpc) is 2.79. The van der Waals surface area contributed by atoms with Gasteiger partial charge in [-0.1, -0.05) is 30.3 Å². The third-order valence-corrected chi connectivity index (χ3v) is 2.83. The molecule has 0 aliphatic carbocycles. The molecule has 0 bridgehead atoms. The van der Waals surface area contributed by atoms with Crippen molar-refractivity contribution in [3.05, 3.63) is 47.9 Å². The van der Waals surface area contributed by atoms with E-state index in [9.17, 15) is 4.79 Å². The Bertz CT molecular complexity index is 549. The third kappa shape index (κ3) is 3.13. The number of ether oxygens (including phenoxy) is 1. The number of anilines is 1. The maximum absolute atomic E-state index is 11.6. The second-order valence-electron chi connectivity index (χ2n) is 4.13. The van der Waals surface area contributed by atoms with Gasteiger partial charge in [0.15, 0.2) is 5.69 Å². The van der Waals surface area contributed by atoms with Gasteiger partial charge >= 0.3 is 5.97 Å². The molecule has 0 aliphatic heterocycles. The predicted octanol–water partition coefficient (Wildman–Crippen LogP) is 1.88. The summed E-state index contributed by atoms with van der Waals surface area (Å²) in [5.41, 5.74) is 7.30. The molecule has 0 saturated heterocycles. The van der Waals surface area contributed by atoms with E-state index in [2.05, 4.69) is 17.1 Å². The van der Waals surface area contributed by atoms with E-state index in [0.29, 0.717) is 19.0 Å². The van der Waals surface area contributed by atoms with E-state index in [0.717, 1.165) is 6.42 Å². The normalized spacial score (nSPS) is 10.4. The van der Waals surface area contributed by atoms with Crippen molar-refractivity contribution < 1.29 is 9.53 Å². The fourth-order valence-corrected chi connectivity index (χ4v) is 1.82. The monoisotopic (exact) mass is 259 g/mol. The van der Waals surface area contributed by atoms with E-state index >= 15 is 0 Å². The summed E-state index contributed by atoms with van der Waals surface area (Å²) in [7, 11) is 0. The molecule has 1 aromatic heterocycles. The highest BCUT2D eigenvalue weighted by Gasteiger charge is 2.16. The number of aryl methyl sites for hydroxylation is 2. The lowest BCUT2D eigenvalue weighted by Crippen LogP contribution is -2.10. The molecule has 0 saturated carbocycles. The molecule has 0 radical (unpaired) electrons. The SMILES string of the molecule is CCOC(=O)c1ncn(CCc2ccccc2)c1N. The maximum Gasteiger partial charge on any atom is 0.360 e. The van der Waals surface area contributed by atoms with Crippen molar-refractivity contribution in [1.29, 1.82) is 0 Å². The molecule has 5 heteroatoms. The van der Waals surface area contributed by atoms with E-state index in [1.165, 1.54) is 5.56 Å². The molecule has 2 aromatic rings. The number of hydrogen-bond acceptors (Lipinski definition) is 4. The summed E-state index contributed by atoms with van der Waals surface area (Å²) < 4.78 is 6.65. The highest BCUT2D eigenvalue weighted by atomic mass is 16.5. The highest BCUT2D eigenvalue weighted by Crippen LogP contribution is 2.12. The van der Waals surface area contributed by atoms with E-state index in [4.69, 9.17) is 10.5 Å². The number of rotatable bonds is 5. The number of hydrogen-bond donors (Lipinski definition) is 1. The van der Waals surface area contributed by atoms with Gasteiger partial charge in [-0.15, -0.1) is 0 Å². The topological polar surface area (TPSA) is 70.1 Å². The van der Waals surface area contributed by atoms with Crippen LogP contribution in [0.15, 0.2) is 36.7 Å². The van der Waals surface area contributed by atoms with Gasteiger partial charge in [-0.25, -0.2) is 9.78 Å². The highest BCUT2D eigenvalue weighted by molar-refractivity contribution is 5.92. The summed E-state index contributed by atoms with van der Waals surface area (Å²) in [6.07, 6.45) is 2.41. The van der Waals surface area contributed by atoms with Gasteiger partial charge in [0.2, 0.25) is 0 Å². The van der Waals surface area contributed by atoms with E-state index in [-0.39, 0.29) is 5.69 Å². The maximum atomic E-state index is 11.6. The number of esters is 1. The molecule has 0 spiro atoms. The molecule has 19 heavy (non-hydrogen) atoms. The number of nitrogens with two attached hydrogens (primary N) is 1. The van der Waals surface area contributed by atoms with Crippen molar-refractivity contribution in [3.63, 3.8) is 0 Å². The number of nitrogens with zero attached hydrogens (tertiary/aromatic N) is 2. The number of aromatic nitrogens is 2. The standard InChI is InChI=1S/C14H17N3O2/c1-2-19-14(18)12-13(15)17(10-16-12)9-8-11-6-4-3-5-7-11/h3-7,10H,2,8-9,15H2,1H3. The first-order chi connectivity index (χ1) is 9.22. The van der Waals surface area contributed by atoms with Crippen LogP contribution in [0, 0.1) is 0 Å². The molecule has 0 aliphatic rings. The van der Waals surface area contributed by atoms with Gasteiger partial charge < -0.3 is 15.0 Å². The molecule has 0 atom stereocenters. The predicted molar refractivity (Wildman–Crippen MR) is 72.7 cm³/mol. The van der Waals surface area contributed by atoms with Crippen LogP contribution in [-0.2, 0) is 17.7 Å². The Morgan fingerprint density at radius 3 is 2.79 bits per heavy atom. The zero-order valence-corrected chi connectivity index (χ0v) is 10.9. The molecule has 0 fully saturated rings. The number of carbonyl (C=O) groups is 1. The van der Waals surface area contributed by atoms with Gasteiger partial charge in [-0.05, 0) is 18.9 Å². The van der Waals surface area contributed by atoms with Crippen molar-refractivity contribution >= 4 is 11.8 Å². The van der Waals surface area contributed by atoms with Crippen molar-refractivity contribution in [2.45, 2.75) is 19.9 Å². The summed E-state index contributed by atoms with van der Waals surface area (Å²) >= 11 is 0. The molecular formula is C14H17N3O2. The number of nitrogen functional groups attached to an aromatic ring is 1. The Hall–Kier alpha value is -2.30. The van der Waals surface area contributed by atoms with Gasteiger partial charge in [-0.3, -0.25) is 0 Å². The van der Waals surface area contributed by atoms with Crippen LogP contribution in [0.1, 0.15) is 23.0 Å². The Balaban J connectivity index is 2.04. The molecular weight excluding hydrogens is 242 g/mol. The Morgan fingerprint density at radius 1 is 1.37 bits per heavy atom. The van der Waals surface area contributed by atoms with Crippen LogP contribution in [0.4, 0.5) is 5.82 Å². The molecule has 2 rings (SSSR count). The molecule has 100 valence electrons. The molecule has 1 heterocycles. The van der Waals surface area contributed by atoms with Crippen LogP contribution in [0.5, 0.6) is 0 Å². The molecule has 2 N–H and O–H groups in total. The summed E-state index contributed by atoms with van der Waals surface area (Å²) in [4.78, 5) is 15.6. The van der Waals surface area contributed by atoms with Gasteiger partial charge in [0.05, 0.1) is 12.9 Å². The smallest absolute Gasteiger partial charge is 0.360 e. The van der Waals surface area contributed by atoms with Gasteiger partial charge in [0, 0.05) is 6.54 Å². The van der Waals surface area contributed by atoms with Crippen LogP contribution in [0.2, 0.25) is 0 Å². The lowest BCUT2D eigenvalue weighted by Gasteiger charge is -2.05. The first kappa shape index (κ1) is 13.1. The second-order valence-corrected chi connectivity index (χ2v) is 4.13. The second kappa shape index (κ2) is 6.04. The summed E-state index contributed by atoms with van der Waals surface area (Å²) in [5.74, 6) is -0.118. The van der Waals surface area contributed by atoms with Crippen LogP contribution < -0.4 is 5.73 Å². The quantitative estimate of drug-likeness (QED) is 0.832. The first-order valence-electron chi connectivity index (χ1n) is 6.24. The van der Waals surface area contributed by atoms with Crippen LogP contribution >= 0.6 is 0 Å². The van der Waals surface area contributed by atoms with E-state index in [1.54, 1.807) is 17.8 Å². The summed E-state index contributed by atoms with van der Waals surface area (Å²) in [6, 6.07) is 10.1. The number of benzene rings is 1. The molecule has 0 amide bonds. The van der Waals surface area contributed by atoms with Crippen LogP contribution in [0.3, 0.4) is 0 Å². The minimum absolute atomic E-state index is 0.190. The fourth-order valence-electron chi connectivity index (χ4n) is 1.82. The van der Waals surface area contributed by atoms with Gasteiger partial charge in [0.25, 0.3) is 0 Å². The minimum Gasteiger partial charge on any atom is -0.461 e. The Kier molecular flexibility index (Phi) is 4.18. The lowest BCUT2D eigenvalue weighted by atomic mass is 10.1. The minimum atomic E-state index is -0.474. The van der Waals surface area contributed by atoms with Crippen molar-refractivity contribution in [2.24, 2.45) is 0 Å². The molecule has 1 aromatic carbocycles. The van der Waals surface area contributed by atoms with Crippen molar-refractivity contribution in [1.82, 2.24) is 9.55 Å². The van der Waals surface area contributed by atoms with Gasteiger partial charge in [0.1, 0.15) is 5.82 Å².